The number of aromatic carboxylic acids is 1. The third-order valence-corrected chi connectivity index (χ3v) is 28.1. The number of esters is 1. The average molecular weight is 1770 g/mol. The van der Waals surface area contributed by atoms with Crippen molar-refractivity contribution in [1.82, 2.24) is 29.9 Å². The van der Waals surface area contributed by atoms with Crippen LogP contribution >= 0.6 is 0 Å². The maximum absolute atomic E-state index is 12.9. The molecule has 0 saturated heterocycles. The number of carbonyl (C=O) groups excluding carboxylic acids is 5. The second kappa shape index (κ2) is 37.7. The SMILES string of the molecule is C1=C(Cc2cc3ccccc3[nH]2)c2ccccc2C1.CC(C1=CCc2ccccc21)c1[nH]c2ccccc2c1C(=O)O.COC(=O)c1c(C(C)C2=CCc3ccccc32)[nH]c2ccccc12.Cc1ccc2[nH]c(C(C)C3=CCc4ccccc43)c(C=O)c2c1.O=Cc1c(C(=O)C2=CCc3ccccc32)[nH]c2ccccc12.O=Cc1c(C(C2=CCc3ccccc32)C2CC2)[nH]c2ccccc12. The van der Waals surface area contributed by atoms with Crippen molar-refractivity contribution in [3.8, 4) is 0 Å². The number of rotatable bonds is 18. The number of carboxylic acids is 1. The van der Waals surface area contributed by atoms with Gasteiger partial charge in [0.25, 0.3) is 0 Å². The van der Waals surface area contributed by atoms with E-state index in [1.807, 2.05) is 133 Å². The Morgan fingerprint density at radius 1 is 0.363 bits per heavy atom. The molecule has 0 radical (unpaired) electrons. The number of hydrogen-bond acceptors (Lipinski definition) is 7. The molecule has 7 aliphatic carbocycles. The summed E-state index contributed by atoms with van der Waals surface area (Å²) in [6.07, 6.45) is 25.4. The van der Waals surface area contributed by atoms with Crippen LogP contribution in [0.2, 0.25) is 0 Å². The monoisotopic (exact) mass is 1770 g/mol. The van der Waals surface area contributed by atoms with Gasteiger partial charge in [-0.05, 0) is 213 Å². The van der Waals surface area contributed by atoms with Crippen LogP contribution in [0.4, 0.5) is 0 Å². The number of aryl methyl sites for hydroxylation is 1. The van der Waals surface area contributed by atoms with Gasteiger partial charge in [-0.3, -0.25) is 19.2 Å². The fourth-order valence-corrected chi connectivity index (χ4v) is 21.3. The zero-order valence-electron chi connectivity index (χ0n) is 76.0. The summed E-state index contributed by atoms with van der Waals surface area (Å²) in [7, 11) is 1.43. The number of allylic oxidation sites excluding steroid dienone is 12. The number of carbonyl (C=O) groups is 6. The molecule has 12 aromatic carbocycles. The molecule has 135 heavy (non-hydrogen) atoms. The average Bonchev–Trinajstić information content (AvgIpc) is 1.58. The molecule has 4 unspecified atom stereocenters. The van der Waals surface area contributed by atoms with E-state index < -0.39 is 5.97 Å². The summed E-state index contributed by atoms with van der Waals surface area (Å²) >= 11 is 0. The summed E-state index contributed by atoms with van der Waals surface area (Å²) < 4.78 is 5.05. The number of fused-ring (bicyclic) bond motifs is 12. The second-order valence-corrected chi connectivity index (χ2v) is 36.0. The van der Waals surface area contributed by atoms with Gasteiger partial charge in [-0.1, -0.05) is 305 Å². The first kappa shape index (κ1) is 87.0. The number of aromatic amines is 6. The Labute approximate surface area is 783 Å². The fourth-order valence-electron chi connectivity index (χ4n) is 21.3. The molecule has 0 spiro atoms. The van der Waals surface area contributed by atoms with Crippen LogP contribution in [0, 0.1) is 12.8 Å². The molecule has 14 heteroatoms. The van der Waals surface area contributed by atoms with Crippen LogP contribution in [0.3, 0.4) is 0 Å². The van der Waals surface area contributed by atoms with Crippen molar-refractivity contribution in [2.75, 3.05) is 7.11 Å². The minimum absolute atomic E-state index is 0.0112. The van der Waals surface area contributed by atoms with Crippen LogP contribution in [-0.2, 0) is 49.7 Å². The van der Waals surface area contributed by atoms with Crippen molar-refractivity contribution in [3.63, 3.8) is 0 Å². The predicted octanol–water partition coefficient (Wildman–Crippen LogP) is 27.6. The number of ketones is 1. The Hall–Kier alpha value is -16.1. The molecule has 0 aliphatic heterocycles. The Balaban J connectivity index is 0.000000101. The molecule has 25 rings (SSSR count). The van der Waals surface area contributed by atoms with E-state index in [4.69, 9.17) is 4.74 Å². The summed E-state index contributed by atoms with van der Waals surface area (Å²) in [4.78, 5) is 92.7. The molecule has 0 amide bonds. The van der Waals surface area contributed by atoms with Gasteiger partial charge in [0, 0.05) is 135 Å². The lowest BCUT2D eigenvalue weighted by Crippen LogP contribution is -2.07. The molecular formula is C121H102N6O8. The van der Waals surface area contributed by atoms with E-state index in [0.29, 0.717) is 39.8 Å². The third kappa shape index (κ3) is 16.8. The predicted molar refractivity (Wildman–Crippen MR) is 546 cm³/mol. The molecule has 4 atom stereocenters. The van der Waals surface area contributed by atoms with Gasteiger partial charge in [-0.2, -0.15) is 0 Å². The number of aldehydes is 3. The molecule has 6 aromatic heterocycles. The Morgan fingerprint density at radius 2 is 0.741 bits per heavy atom. The summed E-state index contributed by atoms with van der Waals surface area (Å²) in [5.41, 5.74) is 38.6. The van der Waals surface area contributed by atoms with Gasteiger partial charge in [0.05, 0.1) is 29.5 Å². The van der Waals surface area contributed by atoms with Crippen molar-refractivity contribution < 1.29 is 38.6 Å². The number of nitrogens with one attached hydrogen (secondary N) is 6. The molecule has 1 saturated carbocycles. The molecule has 6 heterocycles. The number of benzene rings is 12. The van der Waals surface area contributed by atoms with Gasteiger partial charge in [-0.15, -0.1) is 0 Å². The van der Waals surface area contributed by atoms with E-state index in [1.165, 1.54) is 126 Å². The normalized spacial score (nSPS) is 14.7. The quantitative estimate of drug-likeness (QED) is 0.0248. The topological polar surface area (TPSA) is 227 Å². The Morgan fingerprint density at radius 3 is 1.26 bits per heavy atom. The van der Waals surface area contributed by atoms with Crippen molar-refractivity contribution in [2.45, 2.75) is 109 Å². The zero-order chi connectivity index (χ0) is 92.5. The Kier molecular flexibility index (Phi) is 24.3. The smallest absolute Gasteiger partial charge is 0.340 e. The first-order valence-electron chi connectivity index (χ1n) is 46.6. The third-order valence-electron chi connectivity index (χ3n) is 28.1. The van der Waals surface area contributed by atoms with Gasteiger partial charge in [0.2, 0.25) is 5.78 Å². The highest BCUT2D eigenvalue weighted by atomic mass is 16.5. The molecule has 7 N–H and O–H groups in total. The van der Waals surface area contributed by atoms with Crippen molar-refractivity contribution in [2.24, 2.45) is 5.92 Å². The largest absolute Gasteiger partial charge is 0.478 e. The number of Topliss-reactive ketones (excluding diaryl/α,β-unsaturated/α-hetero) is 1. The van der Waals surface area contributed by atoms with Gasteiger partial charge in [-0.25, -0.2) is 9.59 Å². The minimum atomic E-state index is -0.879. The number of para-hydroxylation sites is 5. The number of H-pyrrole nitrogens is 6. The lowest BCUT2D eigenvalue weighted by molar-refractivity contribution is 0.0600. The highest BCUT2D eigenvalue weighted by Gasteiger charge is 2.40. The van der Waals surface area contributed by atoms with E-state index in [9.17, 15) is 33.9 Å². The van der Waals surface area contributed by atoms with Crippen LogP contribution in [0.15, 0.2) is 328 Å². The second-order valence-electron chi connectivity index (χ2n) is 36.0. The summed E-state index contributed by atoms with van der Waals surface area (Å²) in [5, 5.41) is 15.5. The lowest BCUT2D eigenvalue weighted by Gasteiger charge is -2.19. The highest BCUT2D eigenvalue weighted by Crippen LogP contribution is 2.53. The number of methoxy groups -OCH3 is 1. The van der Waals surface area contributed by atoms with Crippen molar-refractivity contribution in [3.05, 3.63) is 462 Å². The molecule has 0 bridgehead atoms. The maximum Gasteiger partial charge on any atom is 0.340 e. The maximum atomic E-state index is 12.9. The molecule has 1 fully saturated rings. The number of aromatic nitrogens is 6. The fraction of sp³-hybridized carbons (Fsp3) is 0.157. The van der Waals surface area contributed by atoms with Crippen LogP contribution in [-0.4, -0.2) is 78.7 Å². The van der Waals surface area contributed by atoms with Gasteiger partial charge >= 0.3 is 11.9 Å². The van der Waals surface area contributed by atoms with E-state index in [0.717, 1.165) is 163 Å². The molecule has 664 valence electrons. The number of ether oxygens (including phenoxy) is 1. The van der Waals surface area contributed by atoms with Crippen LogP contribution < -0.4 is 0 Å². The number of hydrogen-bond donors (Lipinski definition) is 7. The van der Waals surface area contributed by atoms with Crippen LogP contribution in [0.5, 0.6) is 0 Å². The van der Waals surface area contributed by atoms with Crippen LogP contribution in [0.25, 0.3) is 98.9 Å². The lowest BCUT2D eigenvalue weighted by atomic mass is 9.85. The first-order valence-corrected chi connectivity index (χ1v) is 46.6. The minimum Gasteiger partial charge on any atom is -0.478 e. The van der Waals surface area contributed by atoms with Crippen molar-refractivity contribution in [1.29, 1.82) is 0 Å². The summed E-state index contributed by atoms with van der Waals surface area (Å²) in [6, 6.07) is 98.6. The van der Waals surface area contributed by atoms with E-state index in [2.05, 4.69) is 252 Å². The van der Waals surface area contributed by atoms with E-state index in [1.54, 1.807) is 0 Å². The standard InChI is InChI=1S/C22H19NO.C21H19NO2.C21H19NO.C20H17NO2.C19H13NO2.C18H15N/c24-13-19-17-7-3-4-8-20(17)23-22(19)21(15-9-10-15)18-12-11-14-5-1-2-6-16(14)18;1-13(15-12-11-14-7-3-4-8-16(14)15)20-19(21(23)24-2)17-9-5-6-10-18(17)22-20;1-13-7-10-20-18(11-13)19(12-23)21(22-20)14(2)16-9-8-15-5-3-4-6-17(15)16;1-12(14-11-10-13-6-2-3-7-15(13)14)19-18(20(22)23)16-8-4-5-9-17(16)21-19;21-11-16-14-7-3-4-8-17(14)20-18(16)19(22)15-10-9-12-5-1-2-6-13(12)15;1-3-7-17-13(5-1)9-10-14(17)11-16-12-15-6-2-4-8-18(15)19-16/h1-8,12-13,15,21,23H,9-11H2;3-10,12-13,22H,11H2,1-2H3;3-7,9-12,14,22H,8H2,1-2H3;2-9,11-12,21H,10H2,1H3,(H,22,23);1-8,10-11,20H,9H2;1-8,10,12,19H,9,11H2. The molecule has 14 nitrogen and oxygen atoms in total. The molecule has 18 aromatic rings. The zero-order valence-corrected chi connectivity index (χ0v) is 76.0. The summed E-state index contributed by atoms with van der Waals surface area (Å²) in [6.45, 7) is 8.45. The summed E-state index contributed by atoms with van der Waals surface area (Å²) in [5.74, 6) is -0.0603. The molecular weight excluding hydrogens is 1670 g/mol. The highest BCUT2D eigenvalue weighted by molar-refractivity contribution is 6.32. The first-order chi connectivity index (χ1) is 66.1. The Bertz CT molecular complexity index is 7930. The van der Waals surface area contributed by atoms with Gasteiger partial charge < -0.3 is 39.7 Å². The van der Waals surface area contributed by atoms with Crippen LogP contribution in [0.1, 0.15) is 220 Å². The van der Waals surface area contributed by atoms with Gasteiger partial charge in [0.1, 0.15) is 0 Å². The van der Waals surface area contributed by atoms with Gasteiger partial charge in [0.15, 0.2) is 18.9 Å². The van der Waals surface area contributed by atoms with Crippen molar-refractivity contribution >= 4 is 135 Å². The molecule has 7 aliphatic rings. The number of carboxylic acid groups (broad SMARTS) is 1. The van der Waals surface area contributed by atoms with E-state index in [-0.39, 0.29) is 29.5 Å². The van der Waals surface area contributed by atoms with E-state index >= 15 is 0 Å².